The SMILES string of the molecule is O=C(c1cccc([N+](=O)[O-])c1)N(Cc1ccco1)CC(F)(F)F. The molecule has 0 saturated carbocycles. The number of amides is 1. The van der Waals surface area contributed by atoms with Gasteiger partial charge in [0.15, 0.2) is 0 Å². The zero-order chi connectivity index (χ0) is 17.0. The third kappa shape index (κ3) is 4.56. The lowest BCUT2D eigenvalue weighted by molar-refractivity contribution is -0.384. The predicted octanol–water partition coefficient (Wildman–Crippen LogP) is 3.39. The highest BCUT2D eigenvalue weighted by molar-refractivity contribution is 5.94. The topological polar surface area (TPSA) is 76.6 Å². The number of nitro benzene ring substituents is 1. The summed E-state index contributed by atoms with van der Waals surface area (Å²) < 4.78 is 43.0. The van der Waals surface area contributed by atoms with Gasteiger partial charge < -0.3 is 9.32 Å². The molecule has 0 radical (unpaired) electrons. The normalized spacial score (nSPS) is 11.3. The van der Waals surface area contributed by atoms with Crippen molar-refractivity contribution in [2.24, 2.45) is 0 Å². The predicted molar refractivity (Wildman–Crippen MR) is 72.6 cm³/mol. The summed E-state index contributed by atoms with van der Waals surface area (Å²) in [6.07, 6.45) is -3.33. The molecule has 0 atom stereocenters. The van der Waals surface area contributed by atoms with Gasteiger partial charge in [-0.15, -0.1) is 0 Å². The van der Waals surface area contributed by atoms with Crippen molar-refractivity contribution in [3.05, 3.63) is 64.1 Å². The maximum atomic E-state index is 12.7. The van der Waals surface area contributed by atoms with Gasteiger partial charge in [0.1, 0.15) is 12.3 Å². The number of nitro groups is 1. The molecule has 0 unspecified atom stereocenters. The molecule has 0 aliphatic heterocycles. The second-order valence-electron chi connectivity index (χ2n) is 4.66. The highest BCUT2D eigenvalue weighted by Crippen LogP contribution is 2.21. The zero-order valence-corrected chi connectivity index (χ0v) is 11.6. The maximum absolute atomic E-state index is 12.7. The average molecular weight is 328 g/mol. The molecule has 2 rings (SSSR count). The van der Waals surface area contributed by atoms with Crippen molar-refractivity contribution in [2.45, 2.75) is 12.7 Å². The third-order valence-corrected chi connectivity index (χ3v) is 2.89. The van der Waals surface area contributed by atoms with E-state index in [0.717, 1.165) is 12.1 Å². The molecule has 6 nitrogen and oxygen atoms in total. The molecule has 23 heavy (non-hydrogen) atoms. The first-order chi connectivity index (χ1) is 10.8. The summed E-state index contributed by atoms with van der Waals surface area (Å²) in [7, 11) is 0. The van der Waals surface area contributed by atoms with Crippen molar-refractivity contribution < 1.29 is 27.3 Å². The Morgan fingerprint density at radius 2 is 2.00 bits per heavy atom. The molecule has 0 fully saturated rings. The van der Waals surface area contributed by atoms with Crippen molar-refractivity contribution >= 4 is 11.6 Å². The van der Waals surface area contributed by atoms with Gasteiger partial charge in [-0.3, -0.25) is 14.9 Å². The summed E-state index contributed by atoms with van der Waals surface area (Å²) in [6.45, 7) is -1.89. The van der Waals surface area contributed by atoms with Crippen LogP contribution >= 0.6 is 0 Å². The van der Waals surface area contributed by atoms with Gasteiger partial charge >= 0.3 is 6.18 Å². The van der Waals surface area contributed by atoms with Crippen molar-refractivity contribution in [1.82, 2.24) is 4.90 Å². The zero-order valence-electron chi connectivity index (χ0n) is 11.6. The Labute approximate surface area is 128 Å². The number of rotatable bonds is 5. The van der Waals surface area contributed by atoms with Crippen LogP contribution in [0.2, 0.25) is 0 Å². The van der Waals surface area contributed by atoms with E-state index in [2.05, 4.69) is 0 Å². The molecule has 0 aliphatic rings. The smallest absolute Gasteiger partial charge is 0.406 e. The molecule has 0 spiro atoms. The van der Waals surface area contributed by atoms with Crippen LogP contribution in [0.4, 0.5) is 18.9 Å². The van der Waals surface area contributed by atoms with E-state index in [-0.39, 0.29) is 17.0 Å². The van der Waals surface area contributed by atoms with Gasteiger partial charge in [-0.2, -0.15) is 13.2 Å². The first kappa shape index (κ1) is 16.5. The summed E-state index contributed by atoms with van der Waals surface area (Å²) in [5.41, 5.74) is -0.573. The van der Waals surface area contributed by atoms with Crippen molar-refractivity contribution in [2.75, 3.05) is 6.54 Å². The van der Waals surface area contributed by atoms with Gasteiger partial charge in [-0.1, -0.05) is 6.07 Å². The van der Waals surface area contributed by atoms with Crippen LogP contribution in [0.25, 0.3) is 0 Å². The summed E-state index contributed by atoms with van der Waals surface area (Å²) in [6, 6.07) is 7.47. The molecule has 0 aliphatic carbocycles. The van der Waals surface area contributed by atoms with Crippen molar-refractivity contribution in [1.29, 1.82) is 0 Å². The lowest BCUT2D eigenvalue weighted by Gasteiger charge is -2.23. The van der Waals surface area contributed by atoms with Crippen molar-refractivity contribution in [3.63, 3.8) is 0 Å². The molecule has 0 saturated heterocycles. The Hall–Kier alpha value is -2.84. The molecule has 2 aromatic rings. The van der Waals surface area contributed by atoms with Crippen molar-refractivity contribution in [3.8, 4) is 0 Å². The molecule has 0 N–H and O–H groups in total. The van der Waals surface area contributed by atoms with E-state index >= 15 is 0 Å². The fourth-order valence-corrected chi connectivity index (χ4v) is 1.94. The van der Waals surface area contributed by atoms with Crippen LogP contribution in [-0.4, -0.2) is 28.5 Å². The first-order valence-electron chi connectivity index (χ1n) is 6.39. The fraction of sp³-hybridized carbons (Fsp3) is 0.214. The van der Waals surface area contributed by atoms with E-state index in [0.29, 0.717) is 4.90 Å². The quantitative estimate of drug-likeness (QED) is 0.623. The number of nitrogens with zero attached hydrogens (tertiary/aromatic N) is 2. The van der Waals surface area contributed by atoms with Crippen LogP contribution < -0.4 is 0 Å². The lowest BCUT2D eigenvalue weighted by atomic mass is 10.1. The average Bonchev–Trinajstić information content (AvgIpc) is 2.97. The second kappa shape index (κ2) is 6.51. The number of carbonyl (C=O) groups excluding carboxylic acids is 1. The summed E-state index contributed by atoms with van der Waals surface area (Å²) in [5, 5.41) is 10.7. The molecule has 1 aromatic heterocycles. The first-order valence-corrected chi connectivity index (χ1v) is 6.39. The largest absolute Gasteiger partial charge is 0.467 e. The van der Waals surface area contributed by atoms with Gasteiger partial charge in [0.05, 0.1) is 17.7 Å². The second-order valence-corrected chi connectivity index (χ2v) is 4.66. The van der Waals surface area contributed by atoms with E-state index in [1.807, 2.05) is 0 Å². The molecule has 1 aromatic carbocycles. The highest BCUT2D eigenvalue weighted by Gasteiger charge is 2.34. The molecule has 0 bridgehead atoms. The molecule has 122 valence electrons. The standard InChI is InChI=1S/C14H11F3N2O4/c15-14(16,17)9-18(8-12-5-2-6-23-12)13(20)10-3-1-4-11(7-10)19(21)22/h1-7H,8-9H2. The minimum absolute atomic E-state index is 0.174. The van der Waals surface area contributed by atoms with E-state index in [1.165, 1.54) is 30.5 Å². The van der Waals surface area contributed by atoms with Crippen LogP contribution in [0.5, 0.6) is 0 Å². The minimum Gasteiger partial charge on any atom is -0.467 e. The highest BCUT2D eigenvalue weighted by atomic mass is 19.4. The van der Waals surface area contributed by atoms with Crippen LogP contribution in [0.1, 0.15) is 16.1 Å². The molecule has 9 heteroatoms. The number of alkyl halides is 3. The van der Waals surface area contributed by atoms with Gasteiger partial charge in [-0.25, -0.2) is 0 Å². The molecule has 1 heterocycles. The number of benzene rings is 1. The minimum atomic E-state index is -4.61. The number of furan rings is 1. The Morgan fingerprint density at radius 3 is 2.57 bits per heavy atom. The van der Waals surface area contributed by atoms with Crippen LogP contribution in [0, 0.1) is 10.1 Å². The number of halogens is 3. The van der Waals surface area contributed by atoms with E-state index in [1.54, 1.807) is 0 Å². The van der Waals surface area contributed by atoms with E-state index in [4.69, 9.17) is 4.42 Å². The third-order valence-electron chi connectivity index (χ3n) is 2.89. The number of hydrogen-bond acceptors (Lipinski definition) is 4. The number of non-ortho nitro benzene ring substituents is 1. The van der Waals surface area contributed by atoms with Gasteiger partial charge in [-0.05, 0) is 18.2 Å². The summed E-state index contributed by atoms with van der Waals surface area (Å²) in [4.78, 5) is 22.8. The number of hydrogen-bond donors (Lipinski definition) is 0. The monoisotopic (exact) mass is 328 g/mol. The lowest BCUT2D eigenvalue weighted by Crippen LogP contribution is -2.38. The Balaban J connectivity index is 2.28. The van der Waals surface area contributed by atoms with Gasteiger partial charge in [0.2, 0.25) is 0 Å². The van der Waals surface area contributed by atoms with Gasteiger partial charge in [0, 0.05) is 17.7 Å². The molecular weight excluding hydrogens is 317 g/mol. The molecule has 1 amide bonds. The maximum Gasteiger partial charge on any atom is 0.406 e. The Kier molecular flexibility index (Phi) is 4.68. The van der Waals surface area contributed by atoms with Gasteiger partial charge in [0.25, 0.3) is 11.6 Å². The van der Waals surface area contributed by atoms with Crippen LogP contribution in [-0.2, 0) is 6.54 Å². The fourth-order valence-electron chi connectivity index (χ4n) is 1.94. The summed E-state index contributed by atoms with van der Waals surface area (Å²) >= 11 is 0. The van der Waals surface area contributed by atoms with Crippen LogP contribution in [0.3, 0.4) is 0 Å². The summed E-state index contributed by atoms with van der Waals surface area (Å²) in [5.74, 6) is -0.796. The van der Waals surface area contributed by atoms with E-state index in [9.17, 15) is 28.1 Å². The molecular formula is C14H11F3N2O4. The Morgan fingerprint density at radius 1 is 1.26 bits per heavy atom. The Bertz CT molecular complexity index is 698. The number of carbonyl (C=O) groups is 1. The van der Waals surface area contributed by atoms with E-state index < -0.39 is 30.1 Å². The van der Waals surface area contributed by atoms with Crippen LogP contribution in [0.15, 0.2) is 47.1 Å².